The summed E-state index contributed by atoms with van der Waals surface area (Å²) in [6.45, 7) is 5.32. The van der Waals surface area contributed by atoms with Crippen LogP contribution in [0.25, 0.3) is 22.4 Å². The van der Waals surface area contributed by atoms with E-state index in [-0.39, 0.29) is 11.9 Å². The van der Waals surface area contributed by atoms with Crippen LogP contribution in [-0.2, 0) is 20.5 Å². The standard InChI is InChI=1S/C25H27ClN6O4S/c1-15(33)30-25(2,3)17-9-11-19(12-10-17)36-24-27-21-14-20(26)22(28-23(21)29-24)16-7-6-8-18(13-16)31-37(34,35)32(4)5/h6-14,31H,1-5H3,(H,30,33)(H,27,28,29). The molecule has 12 heteroatoms. The molecule has 194 valence electrons. The molecule has 37 heavy (non-hydrogen) atoms. The van der Waals surface area contributed by atoms with Gasteiger partial charge in [-0.3, -0.25) is 9.52 Å². The van der Waals surface area contributed by atoms with E-state index >= 15 is 0 Å². The number of hydrogen-bond donors (Lipinski definition) is 3. The Kier molecular flexibility index (Phi) is 7.13. The largest absolute Gasteiger partial charge is 0.426 e. The second-order valence-corrected chi connectivity index (χ2v) is 11.4. The number of fused-ring (bicyclic) bond motifs is 1. The van der Waals surface area contributed by atoms with E-state index in [1.54, 1.807) is 42.5 Å². The molecule has 0 atom stereocenters. The summed E-state index contributed by atoms with van der Waals surface area (Å²) in [5, 5.41) is 3.27. The van der Waals surface area contributed by atoms with E-state index in [1.165, 1.54) is 21.0 Å². The zero-order chi connectivity index (χ0) is 27.0. The summed E-state index contributed by atoms with van der Waals surface area (Å²) in [5.41, 5.74) is 2.81. The van der Waals surface area contributed by atoms with Crippen molar-refractivity contribution in [2.45, 2.75) is 26.3 Å². The normalized spacial score (nSPS) is 12.1. The van der Waals surface area contributed by atoms with Gasteiger partial charge in [-0.05, 0) is 49.7 Å². The maximum absolute atomic E-state index is 12.2. The maximum Gasteiger partial charge on any atom is 0.301 e. The van der Waals surface area contributed by atoms with Crippen molar-refractivity contribution in [3.8, 4) is 23.0 Å². The van der Waals surface area contributed by atoms with Crippen molar-refractivity contribution in [2.24, 2.45) is 0 Å². The monoisotopic (exact) mass is 542 g/mol. The van der Waals surface area contributed by atoms with Crippen molar-refractivity contribution in [1.82, 2.24) is 24.6 Å². The second kappa shape index (κ2) is 10.0. The zero-order valence-corrected chi connectivity index (χ0v) is 22.5. The molecule has 0 bridgehead atoms. The number of halogens is 1. The first-order valence-corrected chi connectivity index (χ1v) is 13.1. The highest BCUT2D eigenvalue weighted by atomic mass is 35.5. The third-order valence-electron chi connectivity index (χ3n) is 5.55. The molecule has 0 saturated heterocycles. The number of benzene rings is 2. The number of rotatable bonds is 8. The third-order valence-corrected chi connectivity index (χ3v) is 7.29. The summed E-state index contributed by atoms with van der Waals surface area (Å²) in [6, 6.07) is 16.0. The van der Waals surface area contributed by atoms with Crippen LogP contribution in [-0.4, -0.2) is 47.7 Å². The number of imidazole rings is 1. The highest BCUT2D eigenvalue weighted by Crippen LogP contribution is 2.32. The Morgan fingerprint density at radius 1 is 1.08 bits per heavy atom. The predicted molar refractivity (Wildman–Crippen MR) is 144 cm³/mol. The molecule has 4 aromatic rings. The van der Waals surface area contributed by atoms with Crippen molar-refractivity contribution < 1.29 is 17.9 Å². The lowest BCUT2D eigenvalue weighted by Crippen LogP contribution is -2.39. The molecule has 3 N–H and O–H groups in total. The van der Waals surface area contributed by atoms with Crippen LogP contribution in [0.4, 0.5) is 5.69 Å². The SMILES string of the molecule is CC(=O)NC(C)(C)c1ccc(Oc2nc3nc(-c4cccc(NS(=O)(=O)N(C)C)c4)c(Cl)cc3[nH]2)cc1. The van der Waals surface area contributed by atoms with Gasteiger partial charge in [0.1, 0.15) is 5.75 Å². The number of amides is 1. The Labute approximate surface area is 220 Å². The average Bonchev–Trinajstić information content (AvgIpc) is 3.18. The lowest BCUT2D eigenvalue weighted by atomic mass is 9.94. The molecule has 2 aromatic heterocycles. The molecule has 0 spiro atoms. The summed E-state index contributed by atoms with van der Waals surface area (Å²) in [7, 11) is -0.778. The van der Waals surface area contributed by atoms with Crippen LogP contribution in [0.15, 0.2) is 54.6 Å². The first-order valence-electron chi connectivity index (χ1n) is 11.3. The fourth-order valence-corrected chi connectivity index (χ4v) is 4.55. The third kappa shape index (κ3) is 6.01. The van der Waals surface area contributed by atoms with Crippen LogP contribution in [0.3, 0.4) is 0 Å². The van der Waals surface area contributed by atoms with Gasteiger partial charge in [0.25, 0.3) is 0 Å². The van der Waals surface area contributed by atoms with Gasteiger partial charge in [-0.1, -0.05) is 35.9 Å². The van der Waals surface area contributed by atoms with Gasteiger partial charge < -0.3 is 15.0 Å². The van der Waals surface area contributed by atoms with E-state index in [0.717, 1.165) is 9.87 Å². The Hall–Kier alpha value is -3.67. The fraction of sp³-hybridized carbons (Fsp3) is 0.240. The lowest BCUT2D eigenvalue weighted by Gasteiger charge is -2.26. The van der Waals surface area contributed by atoms with Gasteiger partial charge >= 0.3 is 16.2 Å². The molecule has 4 rings (SSSR count). The number of carbonyl (C=O) groups excluding carboxylic acids is 1. The van der Waals surface area contributed by atoms with Crippen molar-refractivity contribution in [3.05, 3.63) is 65.2 Å². The number of H-pyrrole nitrogens is 1. The van der Waals surface area contributed by atoms with Crippen molar-refractivity contribution in [2.75, 3.05) is 18.8 Å². The number of ether oxygens (including phenoxy) is 1. The van der Waals surface area contributed by atoms with Crippen LogP contribution in [0.1, 0.15) is 26.3 Å². The van der Waals surface area contributed by atoms with Crippen LogP contribution >= 0.6 is 11.6 Å². The minimum Gasteiger partial charge on any atom is -0.426 e. The van der Waals surface area contributed by atoms with Crippen LogP contribution in [0.2, 0.25) is 5.02 Å². The van der Waals surface area contributed by atoms with Crippen molar-refractivity contribution in [1.29, 1.82) is 0 Å². The molecule has 0 aliphatic rings. The smallest absolute Gasteiger partial charge is 0.301 e. The topological polar surface area (TPSA) is 129 Å². The fourth-order valence-electron chi connectivity index (χ4n) is 3.68. The van der Waals surface area contributed by atoms with E-state index in [4.69, 9.17) is 16.3 Å². The average molecular weight is 543 g/mol. The highest BCUT2D eigenvalue weighted by Gasteiger charge is 2.21. The molecule has 0 radical (unpaired) electrons. The molecule has 2 heterocycles. The summed E-state index contributed by atoms with van der Waals surface area (Å²) >= 11 is 6.51. The van der Waals surface area contributed by atoms with E-state index in [2.05, 4.69) is 25.0 Å². The summed E-state index contributed by atoms with van der Waals surface area (Å²) in [5.74, 6) is 0.438. The van der Waals surface area contributed by atoms with Crippen LogP contribution < -0.4 is 14.8 Å². The molecule has 0 unspecified atom stereocenters. The number of anilines is 1. The number of carbonyl (C=O) groups is 1. The Bertz CT molecular complexity index is 1570. The first-order chi connectivity index (χ1) is 17.3. The van der Waals surface area contributed by atoms with Gasteiger partial charge in [0.05, 0.1) is 27.5 Å². The number of hydrogen-bond acceptors (Lipinski definition) is 6. The van der Waals surface area contributed by atoms with Crippen LogP contribution in [0, 0.1) is 0 Å². The van der Waals surface area contributed by atoms with Crippen molar-refractivity contribution >= 4 is 44.6 Å². The molecule has 0 aliphatic heterocycles. The predicted octanol–water partition coefficient (Wildman–Crippen LogP) is 4.66. The van der Waals surface area contributed by atoms with E-state index in [1.807, 2.05) is 26.0 Å². The van der Waals surface area contributed by atoms with Gasteiger partial charge in [0.2, 0.25) is 5.91 Å². The minimum atomic E-state index is -3.66. The molecule has 10 nitrogen and oxygen atoms in total. The van der Waals surface area contributed by atoms with Gasteiger partial charge in [-0.15, -0.1) is 0 Å². The van der Waals surface area contributed by atoms with Gasteiger partial charge in [-0.25, -0.2) is 4.98 Å². The molecule has 0 fully saturated rings. The summed E-state index contributed by atoms with van der Waals surface area (Å²) in [4.78, 5) is 23.5. The van der Waals surface area contributed by atoms with E-state index in [9.17, 15) is 13.2 Å². The Morgan fingerprint density at radius 2 is 1.78 bits per heavy atom. The number of pyridine rings is 1. The zero-order valence-electron chi connectivity index (χ0n) is 21.0. The maximum atomic E-state index is 12.2. The van der Waals surface area contributed by atoms with Crippen molar-refractivity contribution in [3.63, 3.8) is 0 Å². The minimum absolute atomic E-state index is 0.111. The number of nitrogens with one attached hydrogen (secondary N) is 3. The molecule has 0 saturated carbocycles. The van der Waals surface area contributed by atoms with Crippen LogP contribution in [0.5, 0.6) is 11.8 Å². The number of aromatic nitrogens is 3. The lowest BCUT2D eigenvalue weighted by molar-refractivity contribution is -0.120. The molecular formula is C25H27ClN6O4S. The number of aromatic amines is 1. The quantitative estimate of drug-likeness (QED) is 0.297. The highest BCUT2D eigenvalue weighted by molar-refractivity contribution is 7.90. The van der Waals surface area contributed by atoms with Gasteiger partial charge in [0.15, 0.2) is 5.65 Å². The van der Waals surface area contributed by atoms with Gasteiger partial charge in [-0.2, -0.15) is 17.7 Å². The Morgan fingerprint density at radius 3 is 2.43 bits per heavy atom. The molecule has 1 amide bonds. The van der Waals surface area contributed by atoms with E-state index in [0.29, 0.717) is 38.9 Å². The van der Waals surface area contributed by atoms with Gasteiger partial charge in [0, 0.05) is 26.6 Å². The molecule has 0 aliphatic carbocycles. The van der Waals surface area contributed by atoms with E-state index < -0.39 is 15.7 Å². The molecular weight excluding hydrogens is 516 g/mol. The molecule has 2 aromatic carbocycles. The second-order valence-electron chi connectivity index (χ2n) is 9.13. The first kappa shape index (κ1) is 26.4. The number of nitrogens with zero attached hydrogens (tertiary/aromatic N) is 3. The Balaban J connectivity index is 1.58. The summed E-state index contributed by atoms with van der Waals surface area (Å²) in [6.07, 6.45) is 0. The summed E-state index contributed by atoms with van der Waals surface area (Å²) < 4.78 is 33.8.